The Labute approximate surface area is 163 Å². The number of aliphatic carboxylic acids is 1. The van der Waals surface area contributed by atoms with Gasteiger partial charge in [0, 0.05) is 0 Å². The van der Waals surface area contributed by atoms with Gasteiger partial charge >= 0.3 is 57.4 Å². The van der Waals surface area contributed by atoms with Crippen LogP contribution in [0.1, 0.15) is 79.5 Å². The van der Waals surface area contributed by atoms with Crippen molar-refractivity contribution in [3.8, 4) is 0 Å². The molecule has 0 radical (unpaired) electrons. The third-order valence-corrected chi connectivity index (χ3v) is 3.35. The number of nitrogens with one attached hydrogen (secondary N) is 1. The van der Waals surface area contributed by atoms with Crippen LogP contribution in [0.4, 0.5) is 0 Å². The van der Waals surface area contributed by atoms with Crippen molar-refractivity contribution in [3.63, 3.8) is 0 Å². The van der Waals surface area contributed by atoms with Crippen molar-refractivity contribution in [2.75, 3.05) is 6.54 Å². The maximum atomic E-state index is 10.5. The average Bonchev–Trinajstić information content (AvgIpc) is 2.35. The molecule has 0 rings (SSSR count). The minimum atomic E-state index is -0.762. The Morgan fingerprint density at radius 2 is 1.42 bits per heavy atom. The molecule has 1 atom stereocenters. The summed E-state index contributed by atoms with van der Waals surface area (Å²) in [5, 5.41) is 11.7. The first-order valence-corrected chi connectivity index (χ1v) is 7.64. The minimum Gasteiger partial charge on any atom is -1.00 e. The Morgan fingerprint density at radius 1 is 1.00 bits per heavy atom. The molecule has 0 saturated heterocycles. The smallest absolute Gasteiger partial charge is 1.00 e. The van der Waals surface area contributed by atoms with Gasteiger partial charge in [-0.15, -0.1) is 0 Å². The Balaban J connectivity index is -0.00000144. The maximum absolute atomic E-state index is 10.5. The quantitative estimate of drug-likeness (QED) is 0.395. The Hall–Kier alpha value is 1.07. The predicted octanol–water partition coefficient (Wildman–Crippen LogP) is 1.09. The van der Waals surface area contributed by atoms with Crippen LogP contribution >= 0.6 is 0 Å². The maximum Gasteiger partial charge on any atom is 1.00 e. The van der Waals surface area contributed by atoms with Crippen LogP contribution in [-0.2, 0) is 4.79 Å². The van der Waals surface area contributed by atoms with E-state index >= 15 is 0 Å². The molecular formula is C15H32KNO2. The van der Waals surface area contributed by atoms with Crippen molar-refractivity contribution in [3.05, 3.63) is 0 Å². The second-order valence-corrected chi connectivity index (χ2v) is 5.20. The first-order valence-electron chi connectivity index (χ1n) is 7.64. The summed E-state index contributed by atoms with van der Waals surface area (Å²) in [6, 6.07) is -0.413. The summed E-state index contributed by atoms with van der Waals surface area (Å²) in [4.78, 5) is 10.5. The Kier molecular flexibility index (Phi) is 20.1. The number of unbranched alkanes of at least 4 members (excludes halogenated alkanes) is 9. The third kappa shape index (κ3) is 17.0. The third-order valence-electron chi connectivity index (χ3n) is 3.35. The Bertz CT molecular complexity index is 206. The van der Waals surface area contributed by atoms with E-state index in [1.807, 2.05) is 0 Å². The van der Waals surface area contributed by atoms with E-state index in [4.69, 9.17) is 5.11 Å². The average molecular weight is 298 g/mol. The summed E-state index contributed by atoms with van der Waals surface area (Å²) in [7, 11) is 0. The van der Waals surface area contributed by atoms with Gasteiger partial charge in [0.1, 0.15) is 6.04 Å². The molecule has 3 nitrogen and oxygen atoms in total. The summed E-state index contributed by atoms with van der Waals surface area (Å²) in [5.74, 6) is -0.762. The second kappa shape index (κ2) is 17.1. The van der Waals surface area contributed by atoms with E-state index in [2.05, 4.69) is 12.2 Å². The van der Waals surface area contributed by atoms with Gasteiger partial charge in [-0.25, -0.2) is 0 Å². The van der Waals surface area contributed by atoms with Crippen LogP contribution in [-0.4, -0.2) is 23.7 Å². The largest absolute Gasteiger partial charge is 1.00 e. The van der Waals surface area contributed by atoms with E-state index in [-0.39, 0.29) is 52.8 Å². The van der Waals surface area contributed by atoms with E-state index < -0.39 is 12.0 Å². The molecular weight excluding hydrogens is 265 g/mol. The zero-order chi connectivity index (χ0) is 13.6. The molecule has 0 fully saturated rings. The molecule has 2 N–H and O–H groups in total. The van der Waals surface area contributed by atoms with Crippen LogP contribution in [0.5, 0.6) is 0 Å². The van der Waals surface area contributed by atoms with Gasteiger partial charge in [0.05, 0.1) is 0 Å². The standard InChI is InChI=1S/C15H31NO2.K.H/c1-3-4-5-6-7-8-9-10-11-12-13-16-14(2)15(17)18;;/h14,16H,3-13H2,1-2H3,(H,17,18);;/q;+1;-1. The van der Waals surface area contributed by atoms with Crippen molar-refractivity contribution in [2.24, 2.45) is 0 Å². The second-order valence-electron chi connectivity index (χ2n) is 5.20. The van der Waals surface area contributed by atoms with Crippen molar-refractivity contribution in [2.45, 2.75) is 84.1 Å². The molecule has 0 aliphatic carbocycles. The van der Waals surface area contributed by atoms with E-state index in [0.29, 0.717) is 0 Å². The first-order chi connectivity index (χ1) is 8.68. The first kappa shape index (κ1) is 22.3. The van der Waals surface area contributed by atoms with Crippen molar-refractivity contribution in [1.82, 2.24) is 5.32 Å². The monoisotopic (exact) mass is 297 g/mol. The molecule has 0 spiro atoms. The van der Waals surface area contributed by atoms with Gasteiger partial charge in [-0.1, -0.05) is 64.7 Å². The molecule has 0 aliphatic heterocycles. The van der Waals surface area contributed by atoms with Crippen molar-refractivity contribution in [1.29, 1.82) is 0 Å². The van der Waals surface area contributed by atoms with Gasteiger partial charge in [0.15, 0.2) is 0 Å². The number of carboxylic acids is 1. The molecule has 0 saturated carbocycles. The molecule has 1 unspecified atom stereocenters. The van der Waals surface area contributed by atoms with E-state index in [1.54, 1.807) is 6.92 Å². The van der Waals surface area contributed by atoms with Gasteiger partial charge in [-0.05, 0) is 19.9 Å². The fourth-order valence-electron chi connectivity index (χ4n) is 2.02. The van der Waals surface area contributed by atoms with E-state index in [9.17, 15) is 4.79 Å². The van der Waals surface area contributed by atoms with Crippen molar-refractivity contribution < 1.29 is 62.7 Å². The van der Waals surface area contributed by atoms with Crippen LogP contribution in [0.3, 0.4) is 0 Å². The van der Waals surface area contributed by atoms with Crippen molar-refractivity contribution >= 4 is 5.97 Å². The van der Waals surface area contributed by atoms with E-state index in [1.165, 1.54) is 57.8 Å². The molecule has 0 heterocycles. The van der Waals surface area contributed by atoms with E-state index in [0.717, 1.165) is 13.0 Å². The van der Waals surface area contributed by atoms with Gasteiger partial charge in [0.2, 0.25) is 0 Å². The molecule has 0 aromatic rings. The fraction of sp³-hybridized carbons (Fsp3) is 0.933. The van der Waals surface area contributed by atoms with Gasteiger partial charge < -0.3 is 11.8 Å². The topological polar surface area (TPSA) is 49.3 Å². The number of hydrogen-bond acceptors (Lipinski definition) is 2. The number of carbonyl (C=O) groups is 1. The zero-order valence-corrected chi connectivity index (χ0v) is 16.3. The number of carboxylic acid groups (broad SMARTS) is 1. The normalized spacial score (nSPS) is 11.9. The minimum absolute atomic E-state index is 0. The summed E-state index contributed by atoms with van der Waals surface area (Å²) in [6.45, 7) is 4.77. The molecule has 0 amide bonds. The van der Waals surface area contributed by atoms with Crippen LogP contribution < -0.4 is 56.7 Å². The number of rotatable bonds is 13. The summed E-state index contributed by atoms with van der Waals surface area (Å²) < 4.78 is 0. The molecule has 19 heavy (non-hydrogen) atoms. The van der Waals surface area contributed by atoms with Gasteiger partial charge in [0.25, 0.3) is 0 Å². The summed E-state index contributed by atoms with van der Waals surface area (Å²) >= 11 is 0. The van der Waals surface area contributed by atoms with Crippen LogP contribution in [0.25, 0.3) is 0 Å². The van der Waals surface area contributed by atoms with Crippen LogP contribution in [0, 0.1) is 0 Å². The van der Waals surface area contributed by atoms with Gasteiger partial charge in [-0.3, -0.25) is 4.79 Å². The SMILES string of the molecule is CCCCCCCCCCCCNC(C)C(=O)O.[H-].[K+]. The molecule has 110 valence electrons. The van der Waals surface area contributed by atoms with Gasteiger partial charge in [-0.2, -0.15) is 0 Å². The van der Waals surface area contributed by atoms with Crippen LogP contribution in [0.15, 0.2) is 0 Å². The van der Waals surface area contributed by atoms with Crippen LogP contribution in [0.2, 0.25) is 0 Å². The predicted molar refractivity (Wildman–Crippen MR) is 78.1 cm³/mol. The zero-order valence-electron chi connectivity index (χ0n) is 14.2. The fourth-order valence-corrected chi connectivity index (χ4v) is 2.02. The summed E-state index contributed by atoms with van der Waals surface area (Å²) in [5.41, 5.74) is 0. The molecule has 0 aromatic carbocycles. The Morgan fingerprint density at radius 3 is 1.84 bits per heavy atom. The molecule has 0 bridgehead atoms. The molecule has 0 aliphatic rings. The summed E-state index contributed by atoms with van der Waals surface area (Å²) in [6.07, 6.45) is 13.2. The number of hydrogen-bond donors (Lipinski definition) is 2. The molecule has 4 heteroatoms. The molecule has 0 aromatic heterocycles.